The van der Waals surface area contributed by atoms with Crippen molar-refractivity contribution in [2.24, 2.45) is 16.7 Å². The second-order valence-electron chi connectivity index (χ2n) is 6.03. The van der Waals surface area contributed by atoms with Gasteiger partial charge in [-0.2, -0.15) is 0 Å². The smallest absolute Gasteiger partial charge is 0.229 e. The van der Waals surface area contributed by atoms with Gasteiger partial charge in [-0.05, 0) is 29.4 Å². The summed E-state index contributed by atoms with van der Waals surface area (Å²) in [4.78, 5) is 16.4. The third kappa shape index (κ3) is 1.74. The van der Waals surface area contributed by atoms with E-state index in [1.807, 2.05) is 19.1 Å². The van der Waals surface area contributed by atoms with Gasteiger partial charge in [-0.1, -0.05) is 33.8 Å². The van der Waals surface area contributed by atoms with E-state index < -0.39 is 0 Å². The highest BCUT2D eigenvalue weighted by Crippen LogP contribution is 2.68. The number of carbonyl (C=O) groups excluding carboxylic acids is 1. The van der Waals surface area contributed by atoms with Gasteiger partial charge in [-0.15, -0.1) is 0 Å². The number of aromatic nitrogens is 1. The monoisotopic (exact) mass is 232 g/mol. The standard InChI is InChI=1S/C14H20N2O/c1-9-7-6-8-15-11(9)16-12(17)10-13(2,3)14(10,4)5/h6-8,10H,1-5H3,(H,15,16,17). The van der Waals surface area contributed by atoms with Crippen LogP contribution in [0, 0.1) is 23.7 Å². The molecule has 0 spiro atoms. The van der Waals surface area contributed by atoms with Crippen molar-refractivity contribution in [1.29, 1.82) is 0 Å². The molecule has 1 amide bonds. The van der Waals surface area contributed by atoms with Crippen molar-refractivity contribution in [2.75, 3.05) is 5.32 Å². The molecule has 1 heterocycles. The molecule has 0 atom stereocenters. The minimum absolute atomic E-state index is 0.0661. The first-order valence-electron chi connectivity index (χ1n) is 6.01. The van der Waals surface area contributed by atoms with Crippen molar-refractivity contribution >= 4 is 11.7 Å². The predicted molar refractivity (Wildman–Crippen MR) is 68.7 cm³/mol. The van der Waals surface area contributed by atoms with Gasteiger partial charge >= 0.3 is 0 Å². The first-order valence-corrected chi connectivity index (χ1v) is 6.01. The van der Waals surface area contributed by atoms with E-state index in [-0.39, 0.29) is 22.7 Å². The molecule has 1 saturated carbocycles. The summed E-state index contributed by atoms with van der Waals surface area (Å²) in [6.07, 6.45) is 1.70. The van der Waals surface area contributed by atoms with E-state index in [0.29, 0.717) is 5.82 Å². The number of aryl methyl sites for hydroxylation is 1. The van der Waals surface area contributed by atoms with Crippen LogP contribution in [0.25, 0.3) is 0 Å². The van der Waals surface area contributed by atoms with Gasteiger partial charge in [0.15, 0.2) is 0 Å². The molecule has 92 valence electrons. The van der Waals surface area contributed by atoms with Crippen LogP contribution in [-0.4, -0.2) is 10.9 Å². The molecular weight excluding hydrogens is 212 g/mol. The van der Waals surface area contributed by atoms with Crippen LogP contribution in [0.1, 0.15) is 33.3 Å². The zero-order valence-electron chi connectivity index (χ0n) is 11.2. The van der Waals surface area contributed by atoms with Crippen molar-refractivity contribution in [3.8, 4) is 0 Å². The van der Waals surface area contributed by atoms with Gasteiger partial charge in [-0.25, -0.2) is 4.98 Å². The number of nitrogens with zero attached hydrogens (tertiary/aromatic N) is 1. The molecule has 0 radical (unpaired) electrons. The minimum Gasteiger partial charge on any atom is -0.310 e. The number of hydrogen-bond donors (Lipinski definition) is 1. The highest BCUT2D eigenvalue weighted by Gasteiger charge is 2.68. The maximum Gasteiger partial charge on any atom is 0.229 e. The van der Waals surface area contributed by atoms with Gasteiger partial charge in [0, 0.05) is 12.1 Å². The lowest BCUT2D eigenvalue weighted by molar-refractivity contribution is -0.118. The Balaban J connectivity index is 2.13. The van der Waals surface area contributed by atoms with Crippen molar-refractivity contribution in [3.05, 3.63) is 23.9 Å². The number of anilines is 1. The molecule has 1 aliphatic rings. The van der Waals surface area contributed by atoms with Gasteiger partial charge < -0.3 is 5.32 Å². The van der Waals surface area contributed by atoms with Crippen molar-refractivity contribution in [1.82, 2.24) is 4.98 Å². The Morgan fingerprint density at radius 3 is 2.35 bits per heavy atom. The second kappa shape index (κ2) is 3.56. The molecule has 1 fully saturated rings. The summed E-state index contributed by atoms with van der Waals surface area (Å²) in [5.41, 5.74) is 1.14. The largest absolute Gasteiger partial charge is 0.310 e. The number of rotatable bonds is 2. The Morgan fingerprint density at radius 2 is 1.88 bits per heavy atom. The zero-order valence-corrected chi connectivity index (χ0v) is 11.2. The van der Waals surface area contributed by atoms with Gasteiger partial charge in [0.25, 0.3) is 0 Å². The summed E-state index contributed by atoms with van der Waals surface area (Å²) in [5.74, 6) is 0.828. The normalized spacial score (nSPS) is 21.0. The number of carbonyl (C=O) groups is 1. The molecular formula is C14H20N2O. The SMILES string of the molecule is Cc1cccnc1NC(=O)C1C(C)(C)C1(C)C. The summed E-state index contributed by atoms with van der Waals surface area (Å²) in [7, 11) is 0. The molecule has 3 nitrogen and oxygen atoms in total. The first-order chi connectivity index (χ1) is 7.78. The van der Waals surface area contributed by atoms with Crippen LogP contribution < -0.4 is 5.32 Å². The quantitative estimate of drug-likeness (QED) is 0.851. The van der Waals surface area contributed by atoms with Crippen LogP contribution in [0.15, 0.2) is 18.3 Å². The summed E-state index contributed by atoms with van der Waals surface area (Å²) in [6.45, 7) is 10.5. The Morgan fingerprint density at radius 1 is 1.29 bits per heavy atom. The van der Waals surface area contributed by atoms with Crippen LogP contribution in [0.5, 0.6) is 0 Å². The molecule has 17 heavy (non-hydrogen) atoms. The van der Waals surface area contributed by atoms with E-state index in [9.17, 15) is 4.79 Å². The molecule has 3 heteroatoms. The Labute approximate surface area is 103 Å². The molecule has 0 bridgehead atoms. The van der Waals surface area contributed by atoms with E-state index >= 15 is 0 Å². The third-order valence-electron chi connectivity index (χ3n) is 4.53. The fraction of sp³-hybridized carbons (Fsp3) is 0.571. The Bertz CT molecular complexity index is 449. The van der Waals surface area contributed by atoms with Gasteiger partial charge in [0.2, 0.25) is 5.91 Å². The maximum atomic E-state index is 12.2. The Hall–Kier alpha value is -1.38. The summed E-state index contributed by atoms with van der Waals surface area (Å²) < 4.78 is 0. The van der Waals surface area contributed by atoms with Crippen LogP contribution in [0.2, 0.25) is 0 Å². The van der Waals surface area contributed by atoms with E-state index in [4.69, 9.17) is 0 Å². The molecule has 1 N–H and O–H groups in total. The number of hydrogen-bond acceptors (Lipinski definition) is 2. The van der Waals surface area contributed by atoms with Crippen molar-refractivity contribution in [3.63, 3.8) is 0 Å². The van der Waals surface area contributed by atoms with Crippen LogP contribution >= 0.6 is 0 Å². The number of pyridine rings is 1. The number of nitrogens with one attached hydrogen (secondary N) is 1. The maximum absolute atomic E-state index is 12.2. The fourth-order valence-electron chi connectivity index (χ4n) is 2.66. The lowest BCUT2D eigenvalue weighted by atomic mass is 10.0. The van der Waals surface area contributed by atoms with E-state index in [0.717, 1.165) is 5.56 Å². The lowest BCUT2D eigenvalue weighted by Gasteiger charge is -2.07. The van der Waals surface area contributed by atoms with Crippen LogP contribution in [0.4, 0.5) is 5.82 Å². The fourth-order valence-corrected chi connectivity index (χ4v) is 2.66. The highest BCUT2D eigenvalue weighted by atomic mass is 16.2. The molecule has 0 aromatic carbocycles. The molecule has 2 rings (SSSR count). The molecule has 1 aromatic rings. The second-order valence-corrected chi connectivity index (χ2v) is 6.03. The topological polar surface area (TPSA) is 42.0 Å². The number of amides is 1. The van der Waals surface area contributed by atoms with E-state index in [2.05, 4.69) is 38.0 Å². The highest BCUT2D eigenvalue weighted by molar-refractivity contribution is 5.95. The average molecular weight is 232 g/mol. The van der Waals surface area contributed by atoms with Crippen molar-refractivity contribution < 1.29 is 4.79 Å². The van der Waals surface area contributed by atoms with E-state index in [1.165, 1.54) is 0 Å². The average Bonchev–Trinajstić information content (AvgIpc) is 2.61. The predicted octanol–water partition coefficient (Wildman–Crippen LogP) is 3.01. The Kier molecular flexibility index (Phi) is 2.53. The van der Waals surface area contributed by atoms with E-state index in [1.54, 1.807) is 6.20 Å². The molecule has 1 aromatic heterocycles. The lowest BCUT2D eigenvalue weighted by Crippen LogP contribution is -2.19. The molecule has 0 aliphatic heterocycles. The van der Waals surface area contributed by atoms with Crippen LogP contribution in [-0.2, 0) is 4.79 Å². The van der Waals surface area contributed by atoms with Crippen molar-refractivity contribution in [2.45, 2.75) is 34.6 Å². The van der Waals surface area contributed by atoms with Gasteiger partial charge in [0.05, 0.1) is 0 Å². The molecule has 0 unspecified atom stereocenters. The zero-order chi connectivity index (χ0) is 12.8. The summed E-state index contributed by atoms with van der Waals surface area (Å²) >= 11 is 0. The van der Waals surface area contributed by atoms with Gasteiger partial charge in [0.1, 0.15) is 5.82 Å². The minimum atomic E-state index is 0.0661. The van der Waals surface area contributed by atoms with Gasteiger partial charge in [-0.3, -0.25) is 4.79 Å². The summed E-state index contributed by atoms with van der Waals surface area (Å²) in [5, 5.41) is 2.93. The molecule has 1 aliphatic carbocycles. The summed E-state index contributed by atoms with van der Waals surface area (Å²) in [6, 6.07) is 3.82. The third-order valence-corrected chi connectivity index (χ3v) is 4.53. The van der Waals surface area contributed by atoms with Crippen LogP contribution in [0.3, 0.4) is 0 Å². The molecule has 0 saturated heterocycles. The first kappa shape index (κ1) is 12.1.